The average molecular weight is 295 g/mol. The van der Waals surface area contributed by atoms with Gasteiger partial charge in [0.2, 0.25) is 0 Å². The molecule has 2 rings (SSSR count). The average Bonchev–Trinajstić information content (AvgIpc) is 2.47. The Balaban J connectivity index is 2.94. The van der Waals surface area contributed by atoms with Gasteiger partial charge in [-0.15, -0.1) is 0 Å². The minimum atomic E-state index is -3.70. The standard InChI is InChI=1S/C8H5BrClNO2S/c9-5-2-1-3-6-8(5)7(4-11-6)14(10,12)13/h1-4,11H. The summed E-state index contributed by atoms with van der Waals surface area (Å²) >= 11 is 3.28. The monoisotopic (exact) mass is 293 g/mol. The van der Waals surface area contributed by atoms with Crippen molar-refractivity contribution in [3.05, 3.63) is 28.9 Å². The molecule has 3 nitrogen and oxygen atoms in total. The zero-order valence-electron chi connectivity index (χ0n) is 6.79. The number of aromatic nitrogens is 1. The maximum absolute atomic E-state index is 11.2. The van der Waals surface area contributed by atoms with Crippen LogP contribution in [0.3, 0.4) is 0 Å². The molecule has 0 aliphatic carbocycles. The molecule has 74 valence electrons. The largest absolute Gasteiger partial charge is 0.360 e. The lowest BCUT2D eigenvalue weighted by atomic mass is 10.2. The van der Waals surface area contributed by atoms with Crippen LogP contribution in [-0.2, 0) is 9.05 Å². The molecule has 1 heterocycles. The Morgan fingerprint density at radius 3 is 2.71 bits per heavy atom. The van der Waals surface area contributed by atoms with Gasteiger partial charge >= 0.3 is 0 Å². The van der Waals surface area contributed by atoms with Crippen molar-refractivity contribution in [2.45, 2.75) is 4.90 Å². The number of halogens is 2. The normalized spacial score (nSPS) is 12.1. The Bertz CT molecular complexity index is 590. The van der Waals surface area contributed by atoms with Gasteiger partial charge in [0.1, 0.15) is 4.90 Å². The first kappa shape index (κ1) is 10.0. The second kappa shape index (κ2) is 3.25. The summed E-state index contributed by atoms with van der Waals surface area (Å²) in [6, 6.07) is 5.36. The predicted molar refractivity (Wildman–Crippen MR) is 59.0 cm³/mol. The molecule has 0 saturated heterocycles. The Kier molecular flexibility index (Phi) is 2.33. The van der Waals surface area contributed by atoms with E-state index in [1.807, 2.05) is 6.07 Å². The van der Waals surface area contributed by atoms with E-state index < -0.39 is 9.05 Å². The van der Waals surface area contributed by atoms with E-state index in [0.717, 1.165) is 5.52 Å². The summed E-state index contributed by atoms with van der Waals surface area (Å²) in [4.78, 5) is 2.94. The number of benzene rings is 1. The molecule has 0 radical (unpaired) electrons. The number of fused-ring (bicyclic) bond motifs is 1. The number of aromatic amines is 1. The molecule has 1 aromatic carbocycles. The van der Waals surface area contributed by atoms with Gasteiger partial charge in [0.15, 0.2) is 0 Å². The van der Waals surface area contributed by atoms with Gasteiger partial charge in [0, 0.05) is 32.3 Å². The molecule has 0 fully saturated rings. The summed E-state index contributed by atoms with van der Waals surface area (Å²) < 4.78 is 23.1. The second-order valence-corrected chi connectivity index (χ2v) is 6.14. The van der Waals surface area contributed by atoms with Gasteiger partial charge in [0.05, 0.1) is 0 Å². The van der Waals surface area contributed by atoms with Gasteiger partial charge in [-0.2, -0.15) is 0 Å². The first-order valence-electron chi connectivity index (χ1n) is 3.70. The van der Waals surface area contributed by atoms with Gasteiger partial charge in [-0.05, 0) is 12.1 Å². The van der Waals surface area contributed by atoms with Crippen molar-refractivity contribution in [3.63, 3.8) is 0 Å². The second-order valence-electron chi connectivity index (χ2n) is 2.75. The fourth-order valence-corrected chi connectivity index (χ4v) is 3.04. The summed E-state index contributed by atoms with van der Waals surface area (Å²) in [5, 5.41) is 0.586. The molecule has 0 aliphatic heterocycles. The Morgan fingerprint density at radius 2 is 2.07 bits per heavy atom. The van der Waals surface area contributed by atoms with E-state index in [9.17, 15) is 8.42 Å². The van der Waals surface area contributed by atoms with Crippen LogP contribution < -0.4 is 0 Å². The Morgan fingerprint density at radius 1 is 1.36 bits per heavy atom. The third-order valence-corrected chi connectivity index (χ3v) is 3.89. The fraction of sp³-hybridized carbons (Fsp3) is 0. The molecule has 1 N–H and O–H groups in total. The zero-order valence-corrected chi connectivity index (χ0v) is 9.95. The van der Waals surface area contributed by atoms with Gasteiger partial charge in [-0.25, -0.2) is 8.42 Å². The molecule has 2 aromatic rings. The van der Waals surface area contributed by atoms with E-state index >= 15 is 0 Å². The van der Waals surface area contributed by atoms with Crippen LogP contribution in [-0.4, -0.2) is 13.4 Å². The Hall–Kier alpha value is -0.520. The van der Waals surface area contributed by atoms with Crippen LogP contribution in [0, 0.1) is 0 Å². The van der Waals surface area contributed by atoms with E-state index in [2.05, 4.69) is 20.9 Å². The topological polar surface area (TPSA) is 49.9 Å². The lowest BCUT2D eigenvalue weighted by molar-refractivity contribution is 0.610. The lowest BCUT2D eigenvalue weighted by Crippen LogP contribution is -1.88. The predicted octanol–water partition coefficient (Wildman–Crippen LogP) is 2.86. The maximum atomic E-state index is 11.2. The SMILES string of the molecule is O=S(=O)(Cl)c1c[nH]c2cccc(Br)c12. The molecule has 0 aliphatic rings. The highest BCUT2D eigenvalue weighted by molar-refractivity contribution is 9.10. The highest BCUT2D eigenvalue weighted by Crippen LogP contribution is 2.31. The highest BCUT2D eigenvalue weighted by atomic mass is 79.9. The molecule has 0 bridgehead atoms. The van der Waals surface area contributed by atoms with E-state index in [-0.39, 0.29) is 4.90 Å². The van der Waals surface area contributed by atoms with E-state index in [1.54, 1.807) is 12.1 Å². The van der Waals surface area contributed by atoms with Crippen LogP contribution in [0.4, 0.5) is 0 Å². The summed E-state index contributed by atoms with van der Waals surface area (Å²) in [7, 11) is 1.58. The Labute approximate surface area is 93.6 Å². The van der Waals surface area contributed by atoms with Crippen LogP contribution in [0.1, 0.15) is 0 Å². The summed E-state index contributed by atoms with van der Waals surface area (Å²) in [5.74, 6) is 0. The quantitative estimate of drug-likeness (QED) is 0.822. The molecule has 14 heavy (non-hydrogen) atoms. The summed E-state index contributed by atoms with van der Waals surface area (Å²) in [5.41, 5.74) is 0.735. The van der Waals surface area contributed by atoms with E-state index in [4.69, 9.17) is 10.7 Å². The van der Waals surface area contributed by atoms with Crippen LogP contribution in [0.2, 0.25) is 0 Å². The molecule has 6 heteroatoms. The van der Waals surface area contributed by atoms with Crippen molar-refractivity contribution in [1.82, 2.24) is 4.98 Å². The number of hydrogen-bond acceptors (Lipinski definition) is 2. The van der Waals surface area contributed by atoms with Crippen LogP contribution >= 0.6 is 26.6 Å². The third kappa shape index (κ3) is 1.55. The molecule has 0 atom stereocenters. The van der Waals surface area contributed by atoms with Crippen molar-refractivity contribution in [1.29, 1.82) is 0 Å². The van der Waals surface area contributed by atoms with Crippen LogP contribution in [0.15, 0.2) is 33.8 Å². The number of hydrogen-bond donors (Lipinski definition) is 1. The fourth-order valence-electron chi connectivity index (χ4n) is 1.30. The third-order valence-electron chi connectivity index (χ3n) is 1.88. The summed E-state index contributed by atoms with van der Waals surface area (Å²) in [6.07, 6.45) is 1.39. The van der Waals surface area contributed by atoms with E-state index in [1.165, 1.54) is 6.20 Å². The van der Waals surface area contributed by atoms with Crippen LogP contribution in [0.5, 0.6) is 0 Å². The molecular formula is C8H5BrClNO2S. The summed E-state index contributed by atoms with van der Waals surface area (Å²) in [6.45, 7) is 0. The molecule has 1 aromatic heterocycles. The van der Waals surface area contributed by atoms with Gasteiger partial charge in [0.25, 0.3) is 9.05 Å². The van der Waals surface area contributed by atoms with Gasteiger partial charge in [-0.3, -0.25) is 0 Å². The molecule has 0 amide bonds. The maximum Gasteiger partial charge on any atom is 0.263 e. The first-order valence-corrected chi connectivity index (χ1v) is 6.80. The minimum absolute atomic E-state index is 0.0987. The molecule has 0 unspecified atom stereocenters. The van der Waals surface area contributed by atoms with Crippen molar-refractivity contribution in [3.8, 4) is 0 Å². The van der Waals surface area contributed by atoms with Gasteiger partial charge < -0.3 is 4.98 Å². The minimum Gasteiger partial charge on any atom is -0.360 e. The van der Waals surface area contributed by atoms with Crippen LogP contribution in [0.25, 0.3) is 10.9 Å². The molecule has 0 saturated carbocycles. The van der Waals surface area contributed by atoms with Crippen molar-refractivity contribution < 1.29 is 8.42 Å². The van der Waals surface area contributed by atoms with Crippen molar-refractivity contribution in [2.75, 3.05) is 0 Å². The first-order chi connectivity index (χ1) is 6.50. The lowest BCUT2D eigenvalue weighted by Gasteiger charge is -1.96. The molecule has 0 spiro atoms. The zero-order chi connectivity index (χ0) is 10.3. The number of H-pyrrole nitrogens is 1. The highest BCUT2D eigenvalue weighted by Gasteiger charge is 2.17. The van der Waals surface area contributed by atoms with E-state index in [0.29, 0.717) is 9.86 Å². The van der Waals surface area contributed by atoms with Crippen molar-refractivity contribution in [2.24, 2.45) is 0 Å². The van der Waals surface area contributed by atoms with Crippen molar-refractivity contribution >= 4 is 46.6 Å². The smallest absolute Gasteiger partial charge is 0.263 e. The number of rotatable bonds is 1. The van der Waals surface area contributed by atoms with Gasteiger partial charge in [-0.1, -0.05) is 22.0 Å². The molecular weight excluding hydrogens is 290 g/mol. The number of nitrogens with one attached hydrogen (secondary N) is 1.